The summed E-state index contributed by atoms with van der Waals surface area (Å²) in [5.74, 6) is 3.75. The molecular formula is C56H66O4. The molecule has 0 aromatic heterocycles. The Balaban J connectivity index is 0.000000235. The highest BCUT2D eigenvalue weighted by Gasteiger charge is 2.32. The molecule has 60 heavy (non-hydrogen) atoms. The minimum absolute atomic E-state index is 0.271. The van der Waals surface area contributed by atoms with Crippen LogP contribution in [0.3, 0.4) is 0 Å². The normalized spacial score (nSPS) is 13.6. The molecule has 0 aliphatic carbocycles. The highest BCUT2D eigenvalue weighted by Crippen LogP contribution is 2.41. The van der Waals surface area contributed by atoms with Crippen LogP contribution in [0.2, 0.25) is 0 Å². The van der Waals surface area contributed by atoms with E-state index in [1.54, 1.807) is 30.3 Å². The largest absolute Gasteiger partial charge is 0.508 e. The second kappa shape index (κ2) is 23.6. The molecular weight excluding hydrogens is 737 g/mol. The van der Waals surface area contributed by atoms with Crippen LogP contribution in [0.5, 0.6) is 23.0 Å². The van der Waals surface area contributed by atoms with Crippen LogP contribution in [0, 0.1) is 11.8 Å². The number of phenols is 2. The first-order valence-corrected chi connectivity index (χ1v) is 21.4. The SMILES string of the molecule is C=CC(C)CC.C=CCOc1ccc(C(C)(c2ccccc2)c2ccc(O)cc2)cc1.CCC(C)CCCOc1ccc(C(C)(c2ccccc2)c2ccc(O)cc2)cc1. The molecule has 4 unspecified atom stereocenters. The van der Waals surface area contributed by atoms with Crippen LogP contribution in [0.1, 0.15) is 101 Å². The Morgan fingerprint density at radius 2 is 0.883 bits per heavy atom. The summed E-state index contributed by atoms with van der Waals surface area (Å²) in [5, 5.41) is 19.4. The number of phenolic OH excluding ortho intramolecular Hbond substituents is 2. The van der Waals surface area contributed by atoms with E-state index in [1.165, 1.54) is 36.0 Å². The van der Waals surface area contributed by atoms with Gasteiger partial charge in [0, 0.05) is 10.8 Å². The molecule has 0 saturated carbocycles. The van der Waals surface area contributed by atoms with Crippen LogP contribution < -0.4 is 9.47 Å². The van der Waals surface area contributed by atoms with Gasteiger partial charge in [-0.3, -0.25) is 0 Å². The lowest BCUT2D eigenvalue weighted by atomic mass is 9.71. The van der Waals surface area contributed by atoms with Crippen LogP contribution >= 0.6 is 0 Å². The minimum Gasteiger partial charge on any atom is -0.508 e. The fraction of sp³-hybridized carbons (Fsp3) is 0.286. The van der Waals surface area contributed by atoms with E-state index in [-0.39, 0.29) is 22.3 Å². The van der Waals surface area contributed by atoms with Gasteiger partial charge in [-0.1, -0.05) is 168 Å². The third kappa shape index (κ3) is 12.7. The first kappa shape index (κ1) is 46.7. The molecule has 0 fully saturated rings. The first-order valence-electron chi connectivity index (χ1n) is 21.4. The zero-order chi connectivity index (χ0) is 43.4. The van der Waals surface area contributed by atoms with Crippen molar-refractivity contribution in [1.29, 1.82) is 0 Å². The summed E-state index contributed by atoms with van der Waals surface area (Å²) in [6.45, 7) is 21.8. The topological polar surface area (TPSA) is 58.9 Å². The van der Waals surface area contributed by atoms with Crippen molar-refractivity contribution in [2.45, 2.75) is 78.1 Å². The van der Waals surface area contributed by atoms with Gasteiger partial charge in [0.25, 0.3) is 0 Å². The number of ether oxygens (including phenoxy) is 2. The lowest BCUT2D eigenvalue weighted by Gasteiger charge is -2.32. The molecule has 2 N–H and O–H groups in total. The van der Waals surface area contributed by atoms with Gasteiger partial charge in [-0.15, -0.1) is 6.58 Å². The van der Waals surface area contributed by atoms with Crippen molar-refractivity contribution >= 4 is 0 Å². The molecule has 0 spiro atoms. The van der Waals surface area contributed by atoms with Crippen molar-refractivity contribution in [2.75, 3.05) is 13.2 Å². The average Bonchev–Trinajstić information content (AvgIpc) is 3.30. The maximum absolute atomic E-state index is 9.74. The van der Waals surface area contributed by atoms with Crippen molar-refractivity contribution in [3.05, 3.63) is 216 Å². The zero-order valence-electron chi connectivity index (χ0n) is 36.7. The Hall–Kier alpha value is -6.00. The van der Waals surface area contributed by atoms with Gasteiger partial charge in [-0.05, 0) is 120 Å². The van der Waals surface area contributed by atoms with Crippen molar-refractivity contribution < 1.29 is 19.7 Å². The van der Waals surface area contributed by atoms with Crippen molar-refractivity contribution in [1.82, 2.24) is 0 Å². The van der Waals surface area contributed by atoms with Gasteiger partial charge in [0.2, 0.25) is 0 Å². The third-order valence-corrected chi connectivity index (χ3v) is 11.7. The molecule has 4 nitrogen and oxygen atoms in total. The molecule has 4 heteroatoms. The quantitative estimate of drug-likeness (QED) is 0.0548. The fourth-order valence-corrected chi connectivity index (χ4v) is 7.05. The van der Waals surface area contributed by atoms with Gasteiger partial charge < -0.3 is 19.7 Å². The molecule has 314 valence electrons. The Kier molecular flexibility index (Phi) is 18.3. The highest BCUT2D eigenvalue weighted by atomic mass is 16.5. The lowest BCUT2D eigenvalue weighted by molar-refractivity contribution is 0.294. The smallest absolute Gasteiger partial charge is 0.119 e. The molecule has 0 bridgehead atoms. The summed E-state index contributed by atoms with van der Waals surface area (Å²) in [5.41, 5.74) is 6.39. The van der Waals surface area contributed by atoms with Crippen LogP contribution in [-0.2, 0) is 10.8 Å². The van der Waals surface area contributed by atoms with Crippen LogP contribution in [0.15, 0.2) is 183 Å². The summed E-state index contributed by atoms with van der Waals surface area (Å²) in [4.78, 5) is 0. The van der Waals surface area contributed by atoms with Gasteiger partial charge in [0.15, 0.2) is 0 Å². The fourth-order valence-electron chi connectivity index (χ4n) is 7.05. The Bertz CT molecular complexity index is 2110. The van der Waals surface area contributed by atoms with Crippen molar-refractivity contribution in [3.8, 4) is 23.0 Å². The second-order valence-corrected chi connectivity index (χ2v) is 15.8. The van der Waals surface area contributed by atoms with E-state index in [4.69, 9.17) is 9.47 Å². The summed E-state index contributed by atoms with van der Waals surface area (Å²) in [6, 6.07) is 52.4. The molecule has 0 aliphatic heterocycles. The predicted octanol–water partition coefficient (Wildman–Crippen LogP) is 14.5. The number of hydrogen-bond donors (Lipinski definition) is 2. The van der Waals surface area contributed by atoms with Gasteiger partial charge >= 0.3 is 0 Å². The number of aromatic hydroxyl groups is 2. The number of rotatable bonds is 17. The lowest BCUT2D eigenvalue weighted by Crippen LogP contribution is -2.25. The van der Waals surface area contributed by atoms with E-state index in [1.807, 2.05) is 54.6 Å². The predicted molar refractivity (Wildman–Crippen MR) is 253 cm³/mol. The maximum Gasteiger partial charge on any atom is 0.119 e. The maximum atomic E-state index is 9.74. The third-order valence-electron chi connectivity index (χ3n) is 11.7. The molecule has 0 heterocycles. The van der Waals surface area contributed by atoms with E-state index in [2.05, 4.69) is 140 Å². The number of hydrogen-bond acceptors (Lipinski definition) is 4. The molecule has 6 rings (SSSR count). The summed E-state index contributed by atoms with van der Waals surface area (Å²) >= 11 is 0. The Morgan fingerprint density at radius 1 is 0.517 bits per heavy atom. The minimum atomic E-state index is -0.327. The van der Waals surface area contributed by atoms with E-state index in [9.17, 15) is 10.2 Å². The van der Waals surface area contributed by atoms with E-state index in [0.717, 1.165) is 47.1 Å². The van der Waals surface area contributed by atoms with E-state index in [0.29, 0.717) is 12.5 Å². The zero-order valence-corrected chi connectivity index (χ0v) is 36.7. The Morgan fingerprint density at radius 3 is 1.22 bits per heavy atom. The molecule has 6 aromatic carbocycles. The van der Waals surface area contributed by atoms with Gasteiger partial charge in [0.05, 0.1) is 6.61 Å². The molecule has 6 aromatic rings. The van der Waals surface area contributed by atoms with Gasteiger partial charge in [0.1, 0.15) is 29.6 Å². The second-order valence-electron chi connectivity index (χ2n) is 15.8. The van der Waals surface area contributed by atoms with Crippen LogP contribution in [0.25, 0.3) is 0 Å². The van der Waals surface area contributed by atoms with Crippen LogP contribution in [-0.4, -0.2) is 23.4 Å². The highest BCUT2D eigenvalue weighted by molar-refractivity contribution is 5.52. The number of allylic oxidation sites excluding steroid dienone is 1. The molecule has 0 aliphatic rings. The standard InChI is InChI=1S/C27H32O2.C23H22O2.C6H12/c1-4-21(2)9-8-20-29-26-18-14-24(15-19-26)27(3,22-10-6-5-7-11-22)23-12-16-25(28)17-13-23;1-3-17-25-22-15-11-20(12-16-22)23(2,18-7-5-4-6-8-18)19-9-13-21(24)14-10-19;1-4-6(3)5-2/h5-7,10-19,21,28H,4,8-9,20H2,1-3H3;3-16,24H,1,17H2,2H3;4,6H,1,5H2,2-3H3. The average molecular weight is 803 g/mol. The summed E-state index contributed by atoms with van der Waals surface area (Å²) in [6.07, 6.45) is 8.44. The van der Waals surface area contributed by atoms with Gasteiger partial charge in [-0.25, -0.2) is 0 Å². The molecule has 0 radical (unpaired) electrons. The number of benzene rings is 6. The van der Waals surface area contributed by atoms with Crippen molar-refractivity contribution in [3.63, 3.8) is 0 Å². The first-order chi connectivity index (χ1) is 29.0. The van der Waals surface area contributed by atoms with Gasteiger partial charge in [-0.2, -0.15) is 0 Å². The van der Waals surface area contributed by atoms with E-state index < -0.39 is 0 Å². The Labute approximate surface area is 360 Å². The van der Waals surface area contributed by atoms with Crippen molar-refractivity contribution in [2.24, 2.45) is 11.8 Å². The van der Waals surface area contributed by atoms with E-state index >= 15 is 0 Å². The molecule has 0 amide bonds. The van der Waals surface area contributed by atoms with Crippen LogP contribution in [0.4, 0.5) is 0 Å². The monoisotopic (exact) mass is 802 g/mol. The molecule has 4 atom stereocenters. The summed E-state index contributed by atoms with van der Waals surface area (Å²) in [7, 11) is 0. The summed E-state index contributed by atoms with van der Waals surface area (Å²) < 4.78 is 11.6. The molecule has 0 saturated heterocycles.